The fourth-order valence-electron chi connectivity index (χ4n) is 4.15. The maximum Gasteiger partial charge on any atom is 0.303 e. The Labute approximate surface area is 122 Å². The van der Waals surface area contributed by atoms with Crippen molar-refractivity contribution in [2.45, 2.75) is 65.6 Å². The lowest BCUT2D eigenvalue weighted by Gasteiger charge is -2.50. The molecule has 0 aromatic carbocycles. The first kappa shape index (κ1) is 15.6. The van der Waals surface area contributed by atoms with Crippen LogP contribution >= 0.6 is 0 Å². The molecule has 0 saturated heterocycles. The molecule has 0 spiro atoms. The fraction of sp³-hybridized carbons (Fsp3) is 0.824. The van der Waals surface area contributed by atoms with E-state index in [1.165, 1.54) is 6.92 Å². The predicted octanol–water partition coefficient (Wildman–Crippen LogP) is 3.32. The van der Waals surface area contributed by atoms with Crippen molar-refractivity contribution in [3.63, 3.8) is 0 Å². The summed E-state index contributed by atoms with van der Waals surface area (Å²) in [6.07, 6.45) is 4.78. The van der Waals surface area contributed by atoms with Gasteiger partial charge in [-0.1, -0.05) is 19.9 Å². The molecule has 1 fully saturated rings. The number of hydrogen-bond donors (Lipinski definition) is 1. The molecule has 3 nitrogen and oxygen atoms in total. The van der Waals surface area contributed by atoms with Crippen LogP contribution < -0.4 is 0 Å². The Kier molecular flexibility index (Phi) is 4.29. The molecule has 1 saturated carbocycles. The molecule has 0 aromatic rings. The minimum absolute atomic E-state index is 0.161. The Hall–Kier alpha value is -0.830. The van der Waals surface area contributed by atoms with E-state index in [9.17, 15) is 9.90 Å². The molecule has 0 heterocycles. The summed E-state index contributed by atoms with van der Waals surface area (Å²) in [5.41, 5.74) is 0.496. The van der Waals surface area contributed by atoms with E-state index in [0.717, 1.165) is 24.8 Å². The average Bonchev–Trinajstić information content (AvgIpc) is 2.30. The summed E-state index contributed by atoms with van der Waals surface area (Å²) < 4.78 is 5.42. The number of fused-ring (bicyclic) bond motifs is 1. The molecule has 0 radical (unpaired) electrons. The van der Waals surface area contributed by atoms with Crippen molar-refractivity contribution in [1.82, 2.24) is 0 Å². The van der Waals surface area contributed by atoms with Crippen LogP contribution in [0.15, 0.2) is 11.6 Å². The molecule has 2 aliphatic carbocycles. The highest BCUT2D eigenvalue weighted by molar-refractivity contribution is 5.66. The zero-order valence-electron chi connectivity index (χ0n) is 13.3. The van der Waals surface area contributed by atoms with Gasteiger partial charge in [-0.25, -0.2) is 0 Å². The second kappa shape index (κ2) is 5.51. The zero-order chi connectivity index (χ0) is 15.1. The van der Waals surface area contributed by atoms with Crippen LogP contribution in [0.4, 0.5) is 0 Å². The van der Waals surface area contributed by atoms with E-state index >= 15 is 0 Å². The number of hydrogen-bond acceptors (Lipinski definition) is 3. The van der Waals surface area contributed by atoms with Gasteiger partial charge in [0.1, 0.15) is 6.10 Å². The highest BCUT2D eigenvalue weighted by Gasteiger charge is 2.48. The first-order valence-electron chi connectivity index (χ1n) is 7.80. The molecular weight excluding hydrogens is 252 g/mol. The summed E-state index contributed by atoms with van der Waals surface area (Å²) in [4.78, 5) is 11.2. The van der Waals surface area contributed by atoms with Gasteiger partial charge in [-0.05, 0) is 62.4 Å². The van der Waals surface area contributed by atoms with Gasteiger partial charge in [-0.2, -0.15) is 0 Å². The van der Waals surface area contributed by atoms with Gasteiger partial charge in [0.15, 0.2) is 0 Å². The maximum absolute atomic E-state index is 11.2. The minimum Gasteiger partial charge on any atom is -0.458 e. The monoisotopic (exact) mass is 280 g/mol. The molecule has 0 aromatic heterocycles. The van der Waals surface area contributed by atoms with E-state index in [1.54, 1.807) is 0 Å². The quantitative estimate of drug-likeness (QED) is 0.623. The molecule has 0 unspecified atom stereocenters. The number of rotatable bonds is 2. The first-order chi connectivity index (χ1) is 9.22. The number of aliphatic hydroxyl groups is 1. The largest absolute Gasteiger partial charge is 0.458 e. The Morgan fingerprint density at radius 1 is 1.50 bits per heavy atom. The van der Waals surface area contributed by atoms with Crippen LogP contribution in [-0.2, 0) is 9.53 Å². The van der Waals surface area contributed by atoms with Gasteiger partial charge in [-0.3, -0.25) is 4.79 Å². The molecule has 3 heteroatoms. The van der Waals surface area contributed by atoms with Gasteiger partial charge >= 0.3 is 5.97 Å². The SMILES string of the molecule is CC(=O)O[C@H]1C[C@@H]2[C@H](C=C1C)[C@@H](C(C)C)CC[C@]2(C)O. The fourth-order valence-corrected chi connectivity index (χ4v) is 4.15. The topological polar surface area (TPSA) is 46.5 Å². The molecule has 1 N–H and O–H groups in total. The summed E-state index contributed by atoms with van der Waals surface area (Å²) in [5, 5.41) is 10.7. The van der Waals surface area contributed by atoms with Crippen molar-refractivity contribution in [2.75, 3.05) is 0 Å². The predicted molar refractivity (Wildman–Crippen MR) is 79.1 cm³/mol. The lowest BCUT2D eigenvalue weighted by molar-refractivity contribution is -0.150. The molecule has 114 valence electrons. The zero-order valence-corrected chi connectivity index (χ0v) is 13.3. The van der Waals surface area contributed by atoms with Gasteiger partial charge in [0.2, 0.25) is 0 Å². The van der Waals surface area contributed by atoms with Gasteiger partial charge in [0, 0.05) is 6.92 Å². The van der Waals surface area contributed by atoms with Crippen LogP contribution in [0.5, 0.6) is 0 Å². The van der Waals surface area contributed by atoms with Crippen LogP contribution in [0.1, 0.15) is 53.9 Å². The molecular formula is C17H28O3. The highest BCUT2D eigenvalue weighted by Crippen LogP contribution is 2.50. The smallest absolute Gasteiger partial charge is 0.303 e. The van der Waals surface area contributed by atoms with Crippen LogP contribution in [0, 0.1) is 23.7 Å². The lowest BCUT2D eigenvalue weighted by Crippen LogP contribution is -2.50. The van der Waals surface area contributed by atoms with E-state index in [1.807, 2.05) is 13.8 Å². The third kappa shape index (κ3) is 2.93. The van der Waals surface area contributed by atoms with Crippen molar-refractivity contribution < 1.29 is 14.6 Å². The standard InChI is InChI=1S/C17H28O3/c1-10(2)13-6-7-17(5,19)15-9-16(20-12(4)18)11(3)8-14(13)15/h8,10,13-16,19H,6-7,9H2,1-5H3/t13-,14-,15-,16+,17+/m1/s1. The minimum atomic E-state index is -0.647. The van der Waals surface area contributed by atoms with Crippen molar-refractivity contribution in [3.8, 4) is 0 Å². The number of esters is 1. The number of carbonyl (C=O) groups excluding carboxylic acids is 1. The maximum atomic E-state index is 11.2. The third-order valence-corrected chi connectivity index (χ3v) is 5.34. The summed E-state index contributed by atoms with van der Waals surface area (Å²) >= 11 is 0. The molecule has 0 bridgehead atoms. The Bertz CT molecular complexity index is 408. The molecule has 0 aliphatic heterocycles. The highest BCUT2D eigenvalue weighted by atomic mass is 16.5. The van der Waals surface area contributed by atoms with Crippen molar-refractivity contribution in [2.24, 2.45) is 23.7 Å². The van der Waals surface area contributed by atoms with Crippen molar-refractivity contribution in [1.29, 1.82) is 0 Å². The van der Waals surface area contributed by atoms with Crippen LogP contribution in [0.3, 0.4) is 0 Å². The Morgan fingerprint density at radius 2 is 2.15 bits per heavy atom. The van der Waals surface area contributed by atoms with Gasteiger partial charge in [0.25, 0.3) is 0 Å². The summed E-state index contributed by atoms with van der Waals surface area (Å²) in [6.45, 7) is 9.98. The van der Waals surface area contributed by atoms with E-state index in [2.05, 4.69) is 19.9 Å². The molecule has 0 amide bonds. The molecule has 2 aliphatic rings. The van der Waals surface area contributed by atoms with Gasteiger partial charge in [0.05, 0.1) is 5.60 Å². The first-order valence-corrected chi connectivity index (χ1v) is 7.80. The Morgan fingerprint density at radius 3 is 2.70 bits per heavy atom. The second-order valence-electron chi connectivity index (χ2n) is 7.23. The van der Waals surface area contributed by atoms with Crippen LogP contribution in [-0.4, -0.2) is 22.8 Å². The van der Waals surface area contributed by atoms with Crippen LogP contribution in [0.25, 0.3) is 0 Å². The summed E-state index contributed by atoms with van der Waals surface area (Å²) in [5.74, 6) is 1.60. The average molecular weight is 280 g/mol. The van der Waals surface area contributed by atoms with E-state index in [4.69, 9.17) is 4.74 Å². The van der Waals surface area contributed by atoms with E-state index in [-0.39, 0.29) is 18.0 Å². The molecule has 5 atom stereocenters. The van der Waals surface area contributed by atoms with E-state index < -0.39 is 5.60 Å². The summed E-state index contributed by atoms with van der Waals surface area (Å²) in [7, 11) is 0. The summed E-state index contributed by atoms with van der Waals surface area (Å²) in [6, 6.07) is 0. The lowest BCUT2D eigenvalue weighted by atomic mass is 9.58. The molecule has 2 rings (SSSR count). The second-order valence-corrected chi connectivity index (χ2v) is 7.23. The van der Waals surface area contributed by atoms with E-state index in [0.29, 0.717) is 17.8 Å². The van der Waals surface area contributed by atoms with Gasteiger partial charge in [-0.15, -0.1) is 0 Å². The van der Waals surface area contributed by atoms with Crippen molar-refractivity contribution >= 4 is 5.97 Å². The number of ether oxygens (including phenoxy) is 1. The molecule has 20 heavy (non-hydrogen) atoms. The number of allylic oxidation sites excluding steroid dienone is 1. The Balaban J connectivity index is 2.29. The number of carbonyl (C=O) groups is 1. The van der Waals surface area contributed by atoms with Crippen LogP contribution in [0.2, 0.25) is 0 Å². The normalized spacial score (nSPS) is 41.0. The van der Waals surface area contributed by atoms with Gasteiger partial charge < -0.3 is 9.84 Å². The third-order valence-electron chi connectivity index (χ3n) is 5.34. The van der Waals surface area contributed by atoms with Crippen molar-refractivity contribution in [3.05, 3.63) is 11.6 Å².